The van der Waals surface area contributed by atoms with Gasteiger partial charge in [0.25, 0.3) is 0 Å². The zero-order valence-electron chi connectivity index (χ0n) is 14.8. The van der Waals surface area contributed by atoms with Crippen LogP contribution in [0.25, 0.3) is 0 Å². The van der Waals surface area contributed by atoms with Crippen molar-refractivity contribution >= 4 is 27.3 Å². The Morgan fingerprint density at radius 3 is 2.73 bits per heavy atom. The van der Waals surface area contributed by atoms with E-state index in [4.69, 9.17) is 5.14 Å². The van der Waals surface area contributed by atoms with E-state index in [2.05, 4.69) is 39.5 Å². The summed E-state index contributed by atoms with van der Waals surface area (Å²) in [5, 5.41) is 8.49. The second-order valence-electron chi connectivity index (χ2n) is 6.46. The predicted molar refractivity (Wildman–Crippen MR) is 106 cm³/mol. The first-order valence-corrected chi connectivity index (χ1v) is 10.9. The molecule has 0 spiro atoms. The lowest BCUT2D eigenvalue weighted by atomic mass is 9.99. The van der Waals surface area contributed by atoms with Crippen LogP contribution >= 0.6 is 11.3 Å². The van der Waals surface area contributed by atoms with Crippen LogP contribution in [0.15, 0.2) is 51.7 Å². The van der Waals surface area contributed by atoms with Gasteiger partial charge in [0.15, 0.2) is 5.96 Å². The lowest BCUT2D eigenvalue weighted by Gasteiger charge is -2.21. The minimum absolute atomic E-state index is 0.188. The van der Waals surface area contributed by atoms with Gasteiger partial charge in [0.1, 0.15) is 4.21 Å². The number of hydrogen-bond donors (Lipinski definition) is 2. The molecule has 1 atom stereocenters. The van der Waals surface area contributed by atoms with Crippen molar-refractivity contribution < 1.29 is 8.42 Å². The molecule has 1 aromatic heterocycles. The summed E-state index contributed by atoms with van der Waals surface area (Å²) in [4.78, 5) is 7.55. The van der Waals surface area contributed by atoms with Gasteiger partial charge in [-0.1, -0.05) is 30.3 Å². The molecule has 1 aliphatic rings. The van der Waals surface area contributed by atoms with Crippen LogP contribution in [0.1, 0.15) is 16.9 Å². The van der Waals surface area contributed by atoms with Crippen molar-refractivity contribution in [1.29, 1.82) is 0 Å². The summed E-state index contributed by atoms with van der Waals surface area (Å²) in [6.45, 7) is 2.48. The first kappa shape index (κ1) is 18.9. The van der Waals surface area contributed by atoms with Crippen molar-refractivity contribution in [2.24, 2.45) is 16.0 Å². The van der Waals surface area contributed by atoms with Crippen molar-refractivity contribution in [1.82, 2.24) is 10.2 Å². The molecule has 26 heavy (non-hydrogen) atoms. The molecule has 3 rings (SSSR count). The van der Waals surface area contributed by atoms with Gasteiger partial charge in [-0.25, -0.2) is 13.6 Å². The molecule has 1 saturated heterocycles. The SMILES string of the molecule is CN=C(NCc1ccc(S(N)(=O)=O)s1)N1CCC(Cc2ccccc2)C1. The number of nitrogens with zero attached hydrogens (tertiary/aromatic N) is 2. The number of nitrogens with two attached hydrogens (primary N) is 1. The largest absolute Gasteiger partial charge is 0.351 e. The van der Waals surface area contributed by atoms with Crippen molar-refractivity contribution in [2.45, 2.75) is 23.6 Å². The normalized spacial score (nSPS) is 18.3. The predicted octanol–water partition coefficient (Wildman–Crippen LogP) is 2.04. The Labute approximate surface area is 158 Å². The monoisotopic (exact) mass is 392 g/mol. The molecule has 0 amide bonds. The fourth-order valence-electron chi connectivity index (χ4n) is 3.24. The molecule has 0 saturated carbocycles. The van der Waals surface area contributed by atoms with Crippen molar-refractivity contribution in [3.63, 3.8) is 0 Å². The Balaban J connectivity index is 1.54. The highest BCUT2D eigenvalue weighted by atomic mass is 32.2. The number of nitrogens with one attached hydrogen (secondary N) is 1. The molecular weight excluding hydrogens is 368 g/mol. The van der Waals surface area contributed by atoms with Crippen LogP contribution in [-0.4, -0.2) is 39.4 Å². The molecule has 2 aromatic rings. The van der Waals surface area contributed by atoms with E-state index < -0.39 is 10.0 Å². The Morgan fingerprint density at radius 2 is 2.08 bits per heavy atom. The zero-order chi connectivity index (χ0) is 18.6. The Bertz CT molecular complexity index is 862. The number of hydrogen-bond acceptors (Lipinski definition) is 4. The third-order valence-corrected chi connectivity index (χ3v) is 7.03. The maximum absolute atomic E-state index is 11.4. The van der Waals surface area contributed by atoms with Gasteiger partial charge >= 0.3 is 0 Å². The smallest absolute Gasteiger partial charge is 0.247 e. The number of primary sulfonamides is 1. The molecule has 8 heteroatoms. The van der Waals surface area contributed by atoms with Crippen LogP contribution in [0, 0.1) is 5.92 Å². The average Bonchev–Trinajstić information content (AvgIpc) is 3.26. The molecular formula is C18H24N4O2S2. The number of guanidine groups is 1. The number of aliphatic imine (C=N–C) groups is 1. The van der Waals surface area contributed by atoms with Crippen molar-refractivity contribution in [3.05, 3.63) is 52.9 Å². The van der Waals surface area contributed by atoms with Gasteiger partial charge in [-0.3, -0.25) is 4.99 Å². The number of likely N-dealkylation sites (tertiary alicyclic amines) is 1. The van der Waals surface area contributed by atoms with Crippen LogP contribution in [0.3, 0.4) is 0 Å². The third kappa shape index (κ3) is 4.84. The Hall–Kier alpha value is -1.90. The molecule has 1 aliphatic heterocycles. The van der Waals surface area contributed by atoms with E-state index in [1.807, 2.05) is 6.07 Å². The number of sulfonamides is 1. The van der Waals surface area contributed by atoms with E-state index in [9.17, 15) is 8.42 Å². The first-order chi connectivity index (χ1) is 12.5. The van der Waals surface area contributed by atoms with Gasteiger partial charge in [0.2, 0.25) is 10.0 Å². The van der Waals surface area contributed by atoms with Crippen molar-refractivity contribution in [3.8, 4) is 0 Å². The maximum atomic E-state index is 11.4. The quantitative estimate of drug-likeness (QED) is 0.602. The molecule has 0 aliphatic carbocycles. The molecule has 0 bridgehead atoms. The van der Waals surface area contributed by atoms with Crippen LogP contribution < -0.4 is 10.5 Å². The molecule has 140 valence electrons. The van der Waals surface area contributed by atoms with E-state index in [0.717, 1.165) is 36.8 Å². The summed E-state index contributed by atoms with van der Waals surface area (Å²) in [6, 6.07) is 13.9. The van der Waals surface area contributed by atoms with E-state index >= 15 is 0 Å². The second kappa shape index (κ2) is 8.20. The van der Waals surface area contributed by atoms with Gasteiger partial charge < -0.3 is 10.2 Å². The summed E-state index contributed by atoms with van der Waals surface area (Å²) in [5.74, 6) is 1.47. The van der Waals surface area contributed by atoms with Gasteiger partial charge in [-0.05, 0) is 36.5 Å². The van der Waals surface area contributed by atoms with E-state index in [1.54, 1.807) is 19.2 Å². The minimum atomic E-state index is -3.63. The summed E-state index contributed by atoms with van der Waals surface area (Å²) in [6.07, 6.45) is 2.22. The highest BCUT2D eigenvalue weighted by Gasteiger charge is 2.25. The average molecular weight is 393 g/mol. The number of benzene rings is 1. The van der Waals surface area contributed by atoms with Gasteiger partial charge in [0.05, 0.1) is 6.54 Å². The van der Waals surface area contributed by atoms with Crippen LogP contribution in [0.4, 0.5) is 0 Å². The number of thiophene rings is 1. The Kier molecular flexibility index (Phi) is 5.95. The maximum Gasteiger partial charge on any atom is 0.247 e. The molecule has 1 aromatic carbocycles. The molecule has 1 unspecified atom stereocenters. The fraction of sp³-hybridized carbons (Fsp3) is 0.389. The molecule has 3 N–H and O–H groups in total. The minimum Gasteiger partial charge on any atom is -0.351 e. The molecule has 2 heterocycles. The van der Waals surface area contributed by atoms with Gasteiger partial charge in [0, 0.05) is 25.0 Å². The molecule has 6 nitrogen and oxygen atoms in total. The lowest BCUT2D eigenvalue weighted by Crippen LogP contribution is -2.39. The van der Waals surface area contributed by atoms with Crippen molar-refractivity contribution in [2.75, 3.05) is 20.1 Å². The summed E-state index contributed by atoms with van der Waals surface area (Å²) in [7, 11) is -1.85. The van der Waals surface area contributed by atoms with Gasteiger partial charge in [-0.15, -0.1) is 11.3 Å². The third-order valence-electron chi connectivity index (χ3n) is 4.50. The fourth-order valence-corrected chi connectivity index (χ4v) is 4.96. The van der Waals surface area contributed by atoms with Gasteiger partial charge in [-0.2, -0.15) is 0 Å². The molecule has 0 radical (unpaired) electrons. The first-order valence-electron chi connectivity index (χ1n) is 8.57. The van der Waals surface area contributed by atoms with E-state index in [0.29, 0.717) is 12.5 Å². The second-order valence-corrected chi connectivity index (χ2v) is 9.41. The van der Waals surface area contributed by atoms with Crippen LogP contribution in [0.2, 0.25) is 0 Å². The Morgan fingerprint density at radius 1 is 1.31 bits per heavy atom. The lowest BCUT2D eigenvalue weighted by molar-refractivity contribution is 0.460. The van der Waals surface area contributed by atoms with E-state index in [-0.39, 0.29) is 4.21 Å². The molecule has 1 fully saturated rings. The highest BCUT2D eigenvalue weighted by molar-refractivity contribution is 7.91. The highest BCUT2D eigenvalue weighted by Crippen LogP contribution is 2.22. The van der Waals surface area contributed by atoms with E-state index in [1.165, 1.54) is 16.9 Å². The summed E-state index contributed by atoms with van der Waals surface area (Å²) < 4.78 is 22.9. The number of rotatable bonds is 5. The summed E-state index contributed by atoms with van der Waals surface area (Å²) >= 11 is 1.19. The van der Waals surface area contributed by atoms with Crippen LogP contribution in [-0.2, 0) is 23.0 Å². The summed E-state index contributed by atoms with van der Waals surface area (Å²) in [5.41, 5.74) is 1.37. The topological polar surface area (TPSA) is 87.8 Å². The standard InChI is InChI=1S/C18H24N4O2S2/c1-20-18(21-12-16-7-8-17(25-16)26(19,23)24)22-10-9-15(13-22)11-14-5-3-2-4-6-14/h2-8,15H,9-13H2,1H3,(H,20,21)(H2,19,23,24). The zero-order valence-corrected chi connectivity index (χ0v) is 16.4. The van der Waals surface area contributed by atoms with Crippen LogP contribution in [0.5, 0.6) is 0 Å².